The number of carbonyl (C=O) groups excluding carboxylic acids is 3. The van der Waals surface area contributed by atoms with E-state index in [9.17, 15) is 14.4 Å². The van der Waals surface area contributed by atoms with E-state index in [4.69, 9.17) is 14.2 Å². The molecule has 1 amide bonds. The third-order valence-electron chi connectivity index (χ3n) is 4.23. The lowest BCUT2D eigenvalue weighted by molar-refractivity contribution is -0.148. The lowest BCUT2D eigenvalue weighted by Gasteiger charge is -2.10. The van der Waals surface area contributed by atoms with E-state index >= 15 is 0 Å². The second kappa shape index (κ2) is 10.8. The number of Topliss-reactive ketones (excluding diaryl/α,β-unsaturated/α-hetero) is 1. The molecule has 0 radical (unpaired) electrons. The molecule has 7 heteroatoms. The highest BCUT2D eigenvalue weighted by atomic mass is 16.5. The van der Waals surface area contributed by atoms with Crippen molar-refractivity contribution in [1.29, 1.82) is 0 Å². The first-order valence-electron chi connectivity index (χ1n) is 9.16. The first-order valence-corrected chi connectivity index (χ1v) is 9.16. The van der Waals surface area contributed by atoms with Gasteiger partial charge in [0.25, 0.3) is 5.91 Å². The summed E-state index contributed by atoms with van der Waals surface area (Å²) in [7, 11) is 3.07. The molecule has 0 heterocycles. The van der Waals surface area contributed by atoms with Crippen LogP contribution in [0.3, 0.4) is 0 Å². The van der Waals surface area contributed by atoms with Gasteiger partial charge in [0.2, 0.25) is 0 Å². The molecule has 0 spiro atoms. The molecule has 0 saturated carbocycles. The Morgan fingerprint density at radius 3 is 2.24 bits per heavy atom. The number of carbonyl (C=O) groups is 3. The summed E-state index contributed by atoms with van der Waals surface area (Å²) < 4.78 is 15.3. The molecule has 0 aliphatic heterocycles. The van der Waals surface area contributed by atoms with Gasteiger partial charge in [-0.05, 0) is 24.6 Å². The lowest BCUT2D eigenvalue weighted by atomic mass is 10.1. The zero-order valence-electron chi connectivity index (χ0n) is 16.8. The molecule has 0 fully saturated rings. The van der Waals surface area contributed by atoms with Gasteiger partial charge in [-0.1, -0.05) is 35.9 Å². The van der Waals surface area contributed by atoms with Gasteiger partial charge in [0.15, 0.2) is 23.9 Å². The predicted molar refractivity (Wildman–Crippen MR) is 107 cm³/mol. The monoisotopic (exact) mass is 399 g/mol. The Morgan fingerprint density at radius 2 is 1.59 bits per heavy atom. The Hall–Kier alpha value is -3.35. The second-order valence-electron chi connectivity index (χ2n) is 6.42. The zero-order valence-corrected chi connectivity index (χ0v) is 16.8. The quantitative estimate of drug-likeness (QED) is 0.488. The number of esters is 1. The summed E-state index contributed by atoms with van der Waals surface area (Å²) in [4.78, 5) is 35.7. The van der Waals surface area contributed by atoms with Crippen molar-refractivity contribution in [3.63, 3.8) is 0 Å². The summed E-state index contributed by atoms with van der Waals surface area (Å²) >= 11 is 0. The molecular formula is C22H25NO6. The van der Waals surface area contributed by atoms with Gasteiger partial charge < -0.3 is 19.5 Å². The van der Waals surface area contributed by atoms with Crippen LogP contribution in [-0.2, 0) is 20.9 Å². The van der Waals surface area contributed by atoms with E-state index in [0.717, 1.165) is 11.1 Å². The highest BCUT2D eigenvalue weighted by Crippen LogP contribution is 2.27. The lowest BCUT2D eigenvalue weighted by Crippen LogP contribution is -2.28. The van der Waals surface area contributed by atoms with E-state index in [-0.39, 0.29) is 25.2 Å². The second-order valence-corrected chi connectivity index (χ2v) is 6.42. The number of aryl methyl sites for hydroxylation is 1. The number of nitrogens with one attached hydrogen (secondary N) is 1. The van der Waals surface area contributed by atoms with Crippen molar-refractivity contribution in [2.24, 2.45) is 0 Å². The highest BCUT2D eigenvalue weighted by molar-refractivity contribution is 5.97. The standard InChI is InChI=1S/C22H25NO6/c1-15-4-7-17(8-5-15)18(24)9-11-22(26)29-14-21(25)23-13-16-6-10-19(27-2)20(12-16)28-3/h4-8,10,12H,9,11,13-14H2,1-3H3,(H,23,25). The number of amides is 1. The average Bonchev–Trinajstić information content (AvgIpc) is 2.74. The molecule has 2 rings (SSSR count). The van der Waals surface area contributed by atoms with Gasteiger partial charge in [0.05, 0.1) is 20.6 Å². The van der Waals surface area contributed by atoms with Crippen molar-refractivity contribution >= 4 is 17.7 Å². The summed E-state index contributed by atoms with van der Waals surface area (Å²) in [5, 5.41) is 2.66. The van der Waals surface area contributed by atoms with Crippen LogP contribution in [0.4, 0.5) is 0 Å². The van der Waals surface area contributed by atoms with Gasteiger partial charge in [-0.2, -0.15) is 0 Å². The van der Waals surface area contributed by atoms with Crippen LogP contribution in [0.2, 0.25) is 0 Å². The summed E-state index contributed by atoms with van der Waals surface area (Å²) in [6.45, 7) is 1.79. The topological polar surface area (TPSA) is 90.9 Å². The Balaban J connectivity index is 1.71. The first kappa shape index (κ1) is 21.9. The molecule has 1 N–H and O–H groups in total. The van der Waals surface area contributed by atoms with Crippen molar-refractivity contribution < 1.29 is 28.6 Å². The van der Waals surface area contributed by atoms with Crippen molar-refractivity contribution in [3.05, 3.63) is 59.2 Å². The minimum atomic E-state index is -0.591. The van der Waals surface area contributed by atoms with Crippen LogP contribution in [-0.4, -0.2) is 38.5 Å². The van der Waals surface area contributed by atoms with E-state index in [2.05, 4.69) is 5.32 Å². The maximum Gasteiger partial charge on any atom is 0.306 e. The molecule has 0 bridgehead atoms. The summed E-state index contributed by atoms with van der Waals surface area (Å²) in [6, 6.07) is 12.4. The van der Waals surface area contributed by atoms with Crippen LogP contribution < -0.4 is 14.8 Å². The van der Waals surface area contributed by atoms with Crippen molar-refractivity contribution in [3.8, 4) is 11.5 Å². The molecule has 0 aliphatic carbocycles. The minimum absolute atomic E-state index is 0.0369. The van der Waals surface area contributed by atoms with Crippen LogP contribution in [0.5, 0.6) is 11.5 Å². The largest absolute Gasteiger partial charge is 0.493 e. The fourth-order valence-electron chi connectivity index (χ4n) is 2.56. The van der Waals surface area contributed by atoms with E-state index in [1.807, 2.05) is 19.1 Å². The summed E-state index contributed by atoms with van der Waals surface area (Å²) in [5.41, 5.74) is 2.42. The molecule has 29 heavy (non-hydrogen) atoms. The van der Waals surface area contributed by atoms with Gasteiger partial charge in [-0.15, -0.1) is 0 Å². The number of rotatable bonds is 10. The molecule has 0 aliphatic rings. The van der Waals surface area contributed by atoms with Crippen LogP contribution in [0.15, 0.2) is 42.5 Å². The molecule has 154 valence electrons. The van der Waals surface area contributed by atoms with Crippen molar-refractivity contribution in [1.82, 2.24) is 5.32 Å². The molecular weight excluding hydrogens is 374 g/mol. The summed E-state index contributed by atoms with van der Waals surface area (Å²) in [6.07, 6.45) is -0.0369. The smallest absolute Gasteiger partial charge is 0.306 e. The average molecular weight is 399 g/mol. The number of methoxy groups -OCH3 is 2. The molecule has 7 nitrogen and oxygen atoms in total. The van der Waals surface area contributed by atoms with Crippen LogP contribution in [0.1, 0.15) is 34.3 Å². The van der Waals surface area contributed by atoms with Crippen LogP contribution in [0.25, 0.3) is 0 Å². The molecule has 2 aromatic rings. The van der Waals surface area contributed by atoms with E-state index in [0.29, 0.717) is 17.1 Å². The Labute approximate surface area is 170 Å². The molecule has 0 unspecified atom stereocenters. The Morgan fingerprint density at radius 1 is 0.897 bits per heavy atom. The molecule has 0 saturated heterocycles. The van der Waals surface area contributed by atoms with Gasteiger partial charge in [0, 0.05) is 18.5 Å². The molecule has 0 aromatic heterocycles. The highest BCUT2D eigenvalue weighted by Gasteiger charge is 2.12. The van der Waals surface area contributed by atoms with E-state index in [1.54, 1.807) is 37.4 Å². The summed E-state index contributed by atoms with van der Waals surface area (Å²) in [5.74, 6) is -0.00908. The SMILES string of the molecule is COc1ccc(CNC(=O)COC(=O)CCC(=O)c2ccc(C)cc2)cc1OC. The fraction of sp³-hybridized carbons (Fsp3) is 0.318. The Kier molecular flexibility index (Phi) is 8.21. The fourth-order valence-corrected chi connectivity index (χ4v) is 2.56. The van der Waals surface area contributed by atoms with Crippen LogP contribution >= 0.6 is 0 Å². The first-order chi connectivity index (χ1) is 13.9. The zero-order chi connectivity index (χ0) is 21.2. The normalized spacial score (nSPS) is 10.2. The van der Waals surface area contributed by atoms with Crippen LogP contribution in [0, 0.1) is 6.92 Å². The third kappa shape index (κ3) is 6.95. The molecule has 0 atom stereocenters. The van der Waals surface area contributed by atoms with E-state index < -0.39 is 18.5 Å². The Bertz CT molecular complexity index is 860. The van der Waals surface area contributed by atoms with E-state index in [1.165, 1.54) is 7.11 Å². The molecule has 2 aromatic carbocycles. The van der Waals surface area contributed by atoms with Crippen molar-refractivity contribution in [2.75, 3.05) is 20.8 Å². The van der Waals surface area contributed by atoms with Gasteiger partial charge in [-0.25, -0.2) is 0 Å². The number of benzene rings is 2. The number of ether oxygens (including phenoxy) is 3. The maximum atomic E-state index is 12.0. The van der Waals surface area contributed by atoms with Gasteiger partial charge in [-0.3, -0.25) is 14.4 Å². The predicted octanol–water partition coefficient (Wildman–Crippen LogP) is 2.83. The van der Waals surface area contributed by atoms with Gasteiger partial charge >= 0.3 is 5.97 Å². The number of hydrogen-bond acceptors (Lipinski definition) is 6. The van der Waals surface area contributed by atoms with Gasteiger partial charge in [0.1, 0.15) is 0 Å². The van der Waals surface area contributed by atoms with Crippen molar-refractivity contribution in [2.45, 2.75) is 26.3 Å². The number of hydrogen-bond donors (Lipinski definition) is 1. The third-order valence-corrected chi connectivity index (χ3v) is 4.23. The maximum absolute atomic E-state index is 12.0. The number of ketones is 1. The minimum Gasteiger partial charge on any atom is -0.493 e.